The zero-order valence-corrected chi connectivity index (χ0v) is 30.4. The lowest BCUT2D eigenvalue weighted by Gasteiger charge is -2.27. The number of fused-ring (bicyclic) bond motifs is 2. The first-order valence-corrected chi connectivity index (χ1v) is 21.0. The zero-order chi connectivity index (χ0) is 36.8. The van der Waals surface area contributed by atoms with Crippen LogP contribution in [-0.4, -0.2) is 86.8 Å². The molecule has 2 heterocycles. The topological polar surface area (TPSA) is 227 Å². The second-order valence-corrected chi connectivity index (χ2v) is 18.7. The minimum atomic E-state index is -4.75. The van der Waals surface area contributed by atoms with Crippen LogP contribution < -0.4 is 4.90 Å². The van der Waals surface area contributed by atoms with Crippen LogP contribution in [0.5, 0.6) is 0 Å². The minimum absolute atomic E-state index is 0.0532. The Hall–Kier alpha value is -3.23. The lowest BCUT2D eigenvalue weighted by molar-refractivity contribution is -0.437. The molecule has 4 rings (SSSR count). The van der Waals surface area contributed by atoms with Gasteiger partial charge in [-0.3, -0.25) is 13.7 Å². The Morgan fingerprint density at radius 3 is 1.94 bits per heavy atom. The van der Waals surface area contributed by atoms with E-state index in [0.29, 0.717) is 33.9 Å². The van der Waals surface area contributed by atoms with E-state index >= 15 is 0 Å². The summed E-state index contributed by atoms with van der Waals surface area (Å²) >= 11 is 0. The van der Waals surface area contributed by atoms with E-state index in [4.69, 9.17) is 0 Å². The summed E-state index contributed by atoms with van der Waals surface area (Å²) in [4.78, 5) is 1.11. The highest BCUT2D eigenvalue weighted by Gasteiger charge is 2.45. The van der Waals surface area contributed by atoms with Crippen LogP contribution in [0.3, 0.4) is 0 Å². The van der Waals surface area contributed by atoms with Gasteiger partial charge in [0, 0.05) is 47.5 Å². The summed E-state index contributed by atoms with van der Waals surface area (Å²) in [7, 11) is -17.7. The summed E-state index contributed by atoms with van der Waals surface area (Å²) in [5.74, 6) is -0.991. The standard InChI is InChI=1S/C31H38N2O12S4/c1-30(2)24-20-22(48(40,41)42)12-14-26(24)32(16-8-18-46(34,35)36)28(30)10-6-5-7-11-29-31(3,4)25-21-23(49(43,44)45)13-15-27(25)33(29)17-9-19-47(37,38)39/h5-7,10-15,20-21H,8-9,16-19H2,1-4H3,(H3-,34,35,36,37,38,39,40,41,42,43,44,45). The third-order valence-corrected chi connectivity index (χ3v) is 11.9. The van der Waals surface area contributed by atoms with Crippen LogP contribution in [-0.2, 0) is 51.3 Å². The van der Waals surface area contributed by atoms with E-state index in [1.807, 2.05) is 32.6 Å². The fourth-order valence-corrected chi connectivity index (χ4v) is 8.27. The molecule has 2 aliphatic rings. The Morgan fingerprint density at radius 1 is 0.755 bits per heavy atom. The number of anilines is 1. The third-order valence-electron chi connectivity index (χ3n) is 8.61. The molecule has 49 heavy (non-hydrogen) atoms. The predicted octanol–water partition coefficient (Wildman–Crippen LogP) is 3.56. The van der Waals surface area contributed by atoms with Crippen LogP contribution >= 0.6 is 0 Å². The average Bonchev–Trinajstić information content (AvgIpc) is 3.29. The van der Waals surface area contributed by atoms with Crippen molar-refractivity contribution >= 4 is 57.6 Å². The Balaban J connectivity index is 1.71. The van der Waals surface area contributed by atoms with E-state index in [1.165, 1.54) is 36.4 Å². The highest BCUT2D eigenvalue weighted by molar-refractivity contribution is 7.86. The summed E-state index contributed by atoms with van der Waals surface area (Å²) in [5.41, 5.74) is 2.01. The van der Waals surface area contributed by atoms with Gasteiger partial charge in [0.1, 0.15) is 16.7 Å². The van der Waals surface area contributed by atoms with Crippen molar-refractivity contribution in [1.29, 1.82) is 0 Å². The Kier molecular flexibility index (Phi) is 10.6. The Bertz CT molecular complexity index is 2230. The second-order valence-electron chi connectivity index (χ2n) is 12.8. The lowest BCUT2D eigenvalue weighted by Crippen LogP contribution is -2.28. The lowest BCUT2D eigenvalue weighted by atomic mass is 9.81. The highest BCUT2D eigenvalue weighted by atomic mass is 32.2. The van der Waals surface area contributed by atoms with Gasteiger partial charge in [0.15, 0.2) is 5.71 Å². The van der Waals surface area contributed by atoms with Crippen LogP contribution in [0.4, 0.5) is 11.4 Å². The number of benzene rings is 2. The van der Waals surface area contributed by atoms with E-state index < -0.39 is 67.7 Å². The largest absolute Gasteiger partial charge is 0.744 e. The molecule has 0 saturated heterocycles. The molecule has 0 radical (unpaired) electrons. The molecule has 0 spiro atoms. The number of hydrogen-bond donors (Lipinski definition) is 3. The van der Waals surface area contributed by atoms with Gasteiger partial charge in [-0.2, -0.15) is 29.8 Å². The van der Waals surface area contributed by atoms with Gasteiger partial charge in [0.2, 0.25) is 5.69 Å². The SMILES string of the molecule is CC1(C)C(/C=C/C=C/C=C2/N(CCCS(=O)(=O)O)c3ccc(S(=O)(=O)O)cc3C2(C)C)=[N+](CCCS(=O)(=O)O)c2ccc(S(=O)(=O)[O-])cc21. The molecular formula is C31H38N2O12S4. The summed E-state index contributed by atoms with van der Waals surface area (Å²) in [6.45, 7) is 7.65. The van der Waals surface area contributed by atoms with Crippen LogP contribution in [0.15, 0.2) is 82.3 Å². The number of rotatable bonds is 13. The smallest absolute Gasteiger partial charge is 0.294 e. The summed E-state index contributed by atoms with van der Waals surface area (Å²) in [5, 5.41) is 0. The maximum absolute atomic E-state index is 11.9. The highest BCUT2D eigenvalue weighted by Crippen LogP contribution is 2.48. The molecule has 2 aromatic carbocycles. The molecule has 14 nitrogen and oxygen atoms in total. The fourth-order valence-electron chi connectivity index (χ4n) is 6.27. The van der Waals surface area contributed by atoms with Crippen molar-refractivity contribution in [3.05, 3.63) is 83.6 Å². The van der Waals surface area contributed by atoms with Crippen LogP contribution in [0.2, 0.25) is 0 Å². The van der Waals surface area contributed by atoms with E-state index in [2.05, 4.69) is 0 Å². The van der Waals surface area contributed by atoms with Crippen LogP contribution in [0, 0.1) is 0 Å². The molecule has 0 bridgehead atoms. The molecule has 0 aromatic heterocycles. The van der Waals surface area contributed by atoms with Crippen molar-refractivity contribution in [3.8, 4) is 0 Å². The minimum Gasteiger partial charge on any atom is -0.744 e. The van der Waals surface area contributed by atoms with Crippen LogP contribution in [0.1, 0.15) is 51.7 Å². The molecule has 0 aliphatic carbocycles. The average molecular weight is 759 g/mol. The van der Waals surface area contributed by atoms with E-state index in [-0.39, 0.29) is 30.8 Å². The monoisotopic (exact) mass is 758 g/mol. The van der Waals surface area contributed by atoms with Crippen molar-refractivity contribution in [1.82, 2.24) is 0 Å². The van der Waals surface area contributed by atoms with Crippen molar-refractivity contribution in [2.24, 2.45) is 0 Å². The van der Waals surface area contributed by atoms with Gasteiger partial charge < -0.3 is 9.45 Å². The molecule has 2 aromatic rings. The van der Waals surface area contributed by atoms with Gasteiger partial charge in [0.25, 0.3) is 30.4 Å². The maximum atomic E-state index is 11.9. The Morgan fingerprint density at radius 2 is 1.35 bits per heavy atom. The van der Waals surface area contributed by atoms with Crippen molar-refractivity contribution < 1.29 is 56.5 Å². The molecule has 2 aliphatic heterocycles. The van der Waals surface area contributed by atoms with E-state index in [0.717, 1.165) is 0 Å². The zero-order valence-electron chi connectivity index (χ0n) is 27.1. The Labute approximate surface area is 287 Å². The maximum Gasteiger partial charge on any atom is 0.294 e. The predicted molar refractivity (Wildman–Crippen MR) is 182 cm³/mol. The molecule has 0 fully saturated rings. The quantitative estimate of drug-likeness (QED) is 0.151. The summed E-state index contributed by atoms with van der Waals surface area (Å²) in [6, 6.07) is 8.11. The molecule has 268 valence electrons. The molecule has 0 atom stereocenters. The number of allylic oxidation sites excluding steroid dienone is 6. The first-order valence-electron chi connectivity index (χ1n) is 14.9. The van der Waals surface area contributed by atoms with Gasteiger partial charge in [-0.15, -0.1) is 0 Å². The van der Waals surface area contributed by atoms with Gasteiger partial charge in [0.05, 0.1) is 26.7 Å². The summed E-state index contributed by atoms with van der Waals surface area (Å²) in [6.07, 6.45) is 8.74. The van der Waals surface area contributed by atoms with Crippen molar-refractivity contribution in [2.45, 2.75) is 61.2 Å². The second kappa shape index (κ2) is 13.5. The van der Waals surface area contributed by atoms with Gasteiger partial charge >= 0.3 is 0 Å². The number of hydrogen-bond acceptors (Lipinski definition) is 10. The van der Waals surface area contributed by atoms with Gasteiger partial charge in [-0.25, -0.2) is 8.42 Å². The molecule has 18 heteroatoms. The molecule has 3 N–H and O–H groups in total. The molecule has 0 amide bonds. The molecule has 0 unspecified atom stereocenters. The van der Waals surface area contributed by atoms with Crippen molar-refractivity contribution in [3.63, 3.8) is 0 Å². The normalized spacial score (nSPS) is 18.6. The fraction of sp³-hybridized carbons (Fsp3) is 0.387. The van der Waals surface area contributed by atoms with Gasteiger partial charge in [-0.1, -0.05) is 32.1 Å². The van der Waals surface area contributed by atoms with Crippen LogP contribution in [0.25, 0.3) is 0 Å². The van der Waals surface area contributed by atoms with Crippen molar-refractivity contribution in [2.75, 3.05) is 29.5 Å². The first kappa shape index (κ1) is 38.6. The van der Waals surface area contributed by atoms with Gasteiger partial charge in [-0.05, 0) is 62.2 Å². The third kappa shape index (κ3) is 8.75. The molecule has 0 saturated carbocycles. The molecular weight excluding hydrogens is 721 g/mol. The van der Waals surface area contributed by atoms with E-state index in [9.17, 15) is 51.9 Å². The first-order chi connectivity index (χ1) is 22.3. The van der Waals surface area contributed by atoms with E-state index in [1.54, 1.807) is 35.0 Å². The number of nitrogens with zero attached hydrogens (tertiary/aromatic N) is 2. The summed E-state index contributed by atoms with van der Waals surface area (Å²) < 4.78 is 135.